The van der Waals surface area contributed by atoms with Crippen molar-refractivity contribution in [1.29, 1.82) is 0 Å². The summed E-state index contributed by atoms with van der Waals surface area (Å²) < 4.78 is 6.21. The van der Waals surface area contributed by atoms with Crippen LogP contribution in [0, 0.1) is 0 Å². The molecule has 172 valence electrons. The molecule has 6 atom stereocenters. The Kier molecular flexibility index (Phi) is 8.01. The normalized spacial score (nSPS) is 26.6. The van der Waals surface area contributed by atoms with Crippen molar-refractivity contribution >= 4 is 23.5 Å². The molecule has 0 aromatic carbocycles. The average molecular weight is 443 g/mol. The lowest BCUT2D eigenvalue weighted by atomic mass is 9.94. The monoisotopic (exact) mass is 443 g/mol. The zero-order valence-electron chi connectivity index (χ0n) is 16.5. The van der Waals surface area contributed by atoms with Crippen LogP contribution in [-0.2, 0) is 19.1 Å². The summed E-state index contributed by atoms with van der Waals surface area (Å²) in [6.07, 6.45) is -5.72. The lowest BCUT2D eigenvalue weighted by Crippen LogP contribution is -2.67. The minimum atomic E-state index is -1.82. The maximum atomic E-state index is 12.5. The van der Waals surface area contributed by atoms with Crippen molar-refractivity contribution in [2.75, 3.05) is 25.9 Å². The van der Waals surface area contributed by atoms with Crippen molar-refractivity contribution in [2.24, 2.45) is 5.73 Å². The van der Waals surface area contributed by atoms with Gasteiger partial charge in [0.05, 0.1) is 19.2 Å². The molecule has 1 unspecified atom stereocenters. The van der Waals surface area contributed by atoms with Crippen LogP contribution in [0.15, 0.2) is 17.1 Å². The molecule has 1 aliphatic heterocycles. The van der Waals surface area contributed by atoms with Gasteiger partial charge in [-0.05, 0) is 13.1 Å². The molecule has 0 radical (unpaired) electrons. The fraction of sp³-hybridized carbons (Fsp3) is 0.562. The number of aliphatic hydroxyl groups excluding tert-OH is 3. The van der Waals surface area contributed by atoms with Gasteiger partial charge >= 0.3 is 5.69 Å². The number of hydrogen-bond acceptors (Lipinski definition) is 11. The number of nitrogens with two attached hydrogens (primary N) is 2. The second-order valence-corrected chi connectivity index (χ2v) is 6.74. The van der Waals surface area contributed by atoms with Crippen molar-refractivity contribution in [3.05, 3.63) is 22.7 Å². The van der Waals surface area contributed by atoms with E-state index in [1.165, 1.54) is 13.1 Å². The molecule has 1 saturated heterocycles. The van der Waals surface area contributed by atoms with Crippen LogP contribution in [0.2, 0.25) is 0 Å². The van der Waals surface area contributed by atoms with Crippen molar-refractivity contribution in [3.63, 3.8) is 0 Å². The topological polar surface area (TPSA) is 244 Å². The maximum Gasteiger partial charge on any atom is 0.351 e. The third kappa shape index (κ3) is 5.53. The van der Waals surface area contributed by atoms with E-state index in [9.17, 15) is 34.5 Å². The lowest BCUT2D eigenvalue weighted by Gasteiger charge is -2.42. The van der Waals surface area contributed by atoms with E-state index in [-0.39, 0.29) is 12.4 Å². The summed E-state index contributed by atoms with van der Waals surface area (Å²) in [5, 5.41) is 37.4. The molecule has 2 rings (SSSR count). The summed E-state index contributed by atoms with van der Waals surface area (Å²) >= 11 is 0. The third-order valence-corrected chi connectivity index (χ3v) is 4.51. The lowest BCUT2D eigenvalue weighted by molar-refractivity contribution is -0.212. The van der Waals surface area contributed by atoms with Gasteiger partial charge in [0, 0.05) is 6.20 Å². The molecule has 3 amide bonds. The summed E-state index contributed by atoms with van der Waals surface area (Å²) in [7, 11) is 1.50. The molecule has 15 nitrogen and oxygen atoms in total. The van der Waals surface area contributed by atoms with Crippen LogP contribution >= 0.6 is 0 Å². The largest absolute Gasteiger partial charge is 0.394 e. The van der Waals surface area contributed by atoms with Gasteiger partial charge in [-0.15, -0.1) is 0 Å². The number of carbonyl (C=O) groups is 3. The molecule has 1 aromatic rings. The summed E-state index contributed by atoms with van der Waals surface area (Å²) in [5.41, 5.74) is 9.81. The first kappa shape index (κ1) is 24.2. The molecule has 2 heterocycles. The highest BCUT2D eigenvalue weighted by Gasteiger charge is 2.49. The number of aliphatic hydroxyl groups is 3. The Bertz CT molecular complexity index is 878. The molecule has 0 spiro atoms. The summed E-state index contributed by atoms with van der Waals surface area (Å²) in [4.78, 5) is 51.6. The highest BCUT2D eigenvalue weighted by Crippen LogP contribution is 2.27. The number of likely N-dealkylation sites (N-methyl/N-ethyl adjacent to an activating group) is 1. The van der Waals surface area contributed by atoms with E-state index in [2.05, 4.69) is 20.9 Å². The van der Waals surface area contributed by atoms with E-state index >= 15 is 0 Å². The van der Waals surface area contributed by atoms with Gasteiger partial charge in [0.1, 0.15) is 24.1 Å². The fourth-order valence-corrected chi connectivity index (χ4v) is 3.00. The molecule has 15 heteroatoms. The molecule has 1 fully saturated rings. The number of aromatic nitrogens is 2. The van der Waals surface area contributed by atoms with E-state index < -0.39 is 66.6 Å². The van der Waals surface area contributed by atoms with E-state index in [4.69, 9.17) is 16.2 Å². The minimum Gasteiger partial charge on any atom is -0.394 e. The number of amides is 3. The Hall–Kier alpha value is -3.11. The van der Waals surface area contributed by atoms with Gasteiger partial charge in [-0.25, -0.2) is 4.79 Å². The van der Waals surface area contributed by atoms with E-state index in [0.717, 1.165) is 10.8 Å². The van der Waals surface area contributed by atoms with Crippen molar-refractivity contribution in [3.8, 4) is 0 Å². The third-order valence-electron chi connectivity index (χ3n) is 4.51. The highest BCUT2D eigenvalue weighted by molar-refractivity contribution is 5.89. The summed E-state index contributed by atoms with van der Waals surface area (Å²) in [6, 6.07) is -1.74. The SMILES string of the molecule is CNCC(=O)NC(CO)C(=O)N[C@H]1[C@H](O)[C@@H](O)[C@H](n2ccc(N)nc2=O)O[C@@H]1C(N)=O. The van der Waals surface area contributed by atoms with Crippen LogP contribution in [0.4, 0.5) is 5.82 Å². The van der Waals surface area contributed by atoms with Crippen LogP contribution in [0.5, 0.6) is 0 Å². The van der Waals surface area contributed by atoms with Crippen LogP contribution in [0.3, 0.4) is 0 Å². The number of nitrogen functional groups attached to an aromatic ring is 1. The second-order valence-electron chi connectivity index (χ2n) is 6.74. The van der Waals surface area contributed by atoms with Crippen LogP contribution < -0.4 is 33.1 Å². The molecule has 1 aliphatic rings. The van der Waals surface area contributed by atoms with Gasteiger partial charge < -0.3 is 47.5 Å². The smallest absolute Gasteiger partial charge is 0.351 e. The molecular weight excluding hydrogens is 418 g/mol. The minimum absolute atomic E-state index is 0.0981. The molecule has 0 saturated carbocycles. The number of hydrogen-bond donors (Lipinski definition) is 8. The second kappa shape index (κ2) is 10.3. The predicted octanol–water partition coefficient (Wildman–Crippen LogP) is -5.89. The zero-order valence-corrected chi connectivity index (χ0v) is 16.5. The fourth-order valence-electron chi connectivity index (χ4n) is 3.00. The zero-order chi connectivity index (χ0) is 23.3. The quantitative estimate of drug-likeness (QED) is 0.188. The van der Waals surface area contributed by atoms with E-state index in [1.807, 2.05) is 0 Å². The first-order valence-corrected chi connectivity index (χ1v) is 9.11. The van der Waals surface area contributed by atoms with Crippen LogP contribution in [0.25, 0.3) is 0 Å². The molecule has 1 aromatic heterocycles. The number of primary amides is 1. The number of carbonyl (C=O) groups excluding carboxylic acids is 3. The number of nitrogens with zero attached hydrogens (tertiary/aromatic N) is 2. The maximum absolute atomic E-state index is 12.5. The molecular formula is C16H25N7O8. The number of rotatable bonds is 8. The van der Waals surface area contributed by atoms with Crippen LogP contribution in [-0.4, -0.2) is 93.2 Å². The predicted molar refractivity (Wildman–Crippen MR) is 103 cm³/mol. The van der Waals surface area contributed by atoms with Crippen molar-refractivity contribution in [1.82, 2.24) is 25.5 Å². The first-order chi connectivity index (χ1) is 14.6. The molecule has 0 aliphatic carbocycles. The first-order valence-electron chi connectivity index (χ1n) is 9.11. The Morgan fingerprint density at radius 3 is 2.55 bits per heavy atom. The van der Waals surface area contributed by atoms with Crippen LogP contribution in [0.1, 0.15) is 6.23 Å². The van der Waals surface area contributed by atoms with Gasteiger partial charge in [0.25, 0.3) is 0 Å². The van der Waals surface area contributed by atoms with Gasteiger partial charge in [-0.1, -0.05) is 0 Å². The average Bonchev–Trinajstić information content (AvgIpc) is 2.70. The molecule has 0 bridgehead atoms. The van der Waals surface area contributed by atoms with E-state index in [1.54, 1.807) is 0 Å². The number of ether oxygens (including phenoxy) is 1. The number of nitrogens with one attached hydrogen (secondary N) is 3. The van der Waals surface area contributed by atoms with E-state index in [0.29, 0.717) is 0 Å². The summed E-state index contributed by atoms with van der Waals surface area (Å²) in [5.74, 6) is -2.78. The van der Waals surface area contributed by atoms with Crippen molar-refractivity contribution < 1.29 is 34.4 Å². The highest BCUT2D eigenvalue weighted by atomic mass is 16.5. The molecule has 31 heavy (non-hydrogen) atoms. The Labute approximate surface area is 175 Å². The van der Waals surface area contributed by atoms with Gasteiger partial charge in [0.15, 0.2) is 12.3 Å². The standard InChI is InChI=1S/C16H25N7O8/c1-19-4-8(25)20-6(5-24)14(29)22-9-10(26)11(27)15(31-12(9)13(18)28)23-3-2-7(17)21-16(23)30/h2-3,6,9-12,15,19,24,26-27H,4-5H2,1H3,(H2,18,28)(H,20,25)(H,22,29)(H2,17,21,30)/t6?,9-,10-,11+,12-,15+/m0/s1. The Balaban J connectivity index is 2.24. The summed E-state index contributed by atoms with van der Waals surface area (Å²) in [6.45, 7) is -0.919. The number of anilines is 1. The Morgan fingerprint density at radius 2 is 2.00 bits per heavy atom. The van der Waals surface area contributed by atoms with Gasteiger partial charge in [-0.2, -0.15) is 4.98 Å². The van der Waals surface area contributed by atoms with Gasteiger partial charge in [0.2, 0.25) is 17.7 Å². The van der Waals surface area contributed by atoms with Gasteiger partial charge in [-0.3, -0.25) is 19.0 Å². The molecule has 10 N–H and O–H groups in total. The van der Waals surface area contributed by atoms with Crippen molar-refractivity contribution in [2.45, 2.75) is 36.6 Å². The Morgan fingerprint density at radius 1 is 1.32 bits per heavy atom.